The van der Waals surface area contributed by atoms with Crippen LogP contribution in [0.1, 0.15) is 38.8 Å². The van der Waals surface area contributed by atoms with Gasteiger partial charge in [0, 0.05) is 44.6 Å². The molecule has 1 N–H and O–H groups in total. The van der Waals surface area contributed by atoms with E-state index in [2.05, 4.69) is 54.0 Å². The van der Waals surface area contributed by atoms with Gasteiger partial charge in [0.2, 0.25) is 0 Å². The smallest absolute Gasteiger partial charge is 0.0594 e. The molecule has 2 heterocycles. The van der Waals surface area contributed by atoms with E-state index in [0.29, 0.717) is 12.0 Å². The molecule has 2 rings (SSSR count). The first-order chi connectivity index (χ1) is 10.2. The van der Waals surface area contributed by atoms with Gasteiger partial charge in [0.15, 0.2) is 0 Å². The van der Waals surface area contributed by atoms with E-state index in [4.69, 9.17) is 4.74 Å². The fourth-order valence-corrected chi connectivity index (χ4v) is 2.90. The zero-order chi connectivity index (χ0) is 15.1. The lowest BCUT2D eigenvalue weighted by Gasteiger charge is -2.26. The van der Waals surface area contributed by atoms with E-state index in [-0.39, 0.29) is 0 Å². The van der Waals surface area contributed by atoms with Crippen LogP contribution in [0.15, 0.2) is 18.5 Å². The molecule has 0 aromatic carbocycles. The Morgan fingerprint density at radius 3 is 2.67 bits per heavy atom. The first-order valence-electron chi connectivity index (χ1n) is 8.40. The maximum Gasteiger partial charge on any atom is 0.0594 e. The summed E-state index contributed by atoms with van der Waals surface area (Å²) in [5.74, 6) is 0.617. The summed E-state index contributed by atoms with van der Waals surface area (Å²) in [5, 5.41) is 3.66. The predicted octanol–water partition coefficient (Wildman–Crippen LogP) is 2.52. The van der Waals surface area contributed by atoms with Crippen molar-refractivity contribution in [3.8, 4) is 0 Å². The summed E-state index contributed by atoms with van der Waals surface area (Å²) in [7, 11) is 0. The van der Waals surface area contributed by atoms with Gasteiger partial charge in [0.1, 0.15) is 0 Å². The van der Waals surface area contributed by atoms with Crippen LogP contribution in [0.3, 0.4) is 0 Å². The van der Waals surface area contributed by atoms with Crippen molar-refractivity contribution in [3.05, 3.63) is 24.0 Å². The number of ether oxygens (including phenoxy) is 1. The molecular formula is C17H31N3O. The number of hydrogen-bond donors (Lipinski definition) is 1. The molecule has 0 amide bonds. The van der Waals surface area contributed by atoms with E-state index in [1.807, 2.05) is 0 Å². The summed E-state index contributed by atoms with van der Waals surface area (Å²) in [6, 6.07) is 2.74. The topological polar surface area (TPSA) is 29.4 Å². The highest BCUT2D eigenvalue weighted by Crippen LogP contribution is 2.22. The predicted molar refractivity (Wildman–Crippen MR) is 87.6 cm³/mol. The van der Waals surface area contributed by atoms with Crippen LogP contribution >= 0.6 is 0 Å². The summed E-state index contributed by atoms with van der Waals surface area (Å²) in [6.07, 6.45) is 5.72. The van der Waals surface area contributed by atoms with Crippen molar-refractivity contribution in [1.82, 2.24) is 14.8 Å². The fraction of sp³-hybridized carbons (Fsp3) is 0.765. The molecule has 0 spiro atoms. The number of rotatable bonds is 8. The average Bonchev–Trinajstić information content (AvgIpc) is 2.95. The van der Waals surface area contributed by atoms with Crippen molar-refractivity contribution in [2.24, 2.45) is 5.92 Å². The molecule has 0 saturated carbocycles. The van der Waals surface area contributed by atoms with Gasteiger partial charge >= 0.3 is 0 Å². The molecule has 1 aromatic rings. The number of aromatic nitrogens is 1. The Hall–Kier alpha value is -0.840. The lowest BCUT2D eigenvalue weighted by molar-refractivity contribution is 0.0364. The lowest BCUT2D eigenvalue weighted by Crippen LogP contribution is -2.38. The van der Waals surface area contributed by atoms with Crippen LogP contribution in [0.5, 0.6) is 0 Å². The third-order valence-electron chi connectivity index (χ3n) is 4.19. The molecule has 4 heteroatoms. The normalized spacial score (nSPS) is 18.3. The van der Waals surface area contributed by atoms with E-state index in [1.54, 1.807) is 0 Å². The van der Waals surface area contributed by atoms with Crippen molar-refractivity contribution < 1.29 is 4.74 Å². The van der Waals surface area contributed by atoms with Crippen LogP contribution in [0, 0.1) is 5.92 Å². The summed E-state index contributed by atoms with van der Waals surface area (Å²) in [5.41, 5.74) is 1.42. The van der Waals surface area contributed by atoms with Crippen LogP contribution < -0.4 is 5.32 Å². The van der Waals surface area contributed by atoms with Gasteiger partial charge in [-0.3, -0.25) is 4.90 Å². The second-order valence-corrected chi connectivity index (χ2v) is 6.31. The monoisotopic (exact) mass is 293 g/mol. The van der Waals surface area contributed by atoms with E-state index < -0.39 is 0 Å². The fourth-order valence-electron chi connectivity index (χ4n) is 2.90. The van der Waals surface area contributed by atoms with Gasteiger partial charge in [0.05, 0.1) is 13.2 Å². The first kappa shape index (κ1) is 16.5. The molecular weight excluding hydrogens is 262 g/mol. The molecule has 1 atom stereocenters. The summed E-state index contributed by atoms with van der Waals surface area (Å²) < 4.78 is 7.72. The molecule has 1 aromatic heterocycles. The molecule has 0 aliphatic carbocycles. The maximum absolute atomic E-state index is 5.39. The average molecular weight is 293 g/mol. The number of nitrogens with one attached hydrogen (secondary N) is 1. The molecule has 1 saturated heterocycles. The minimum absolute atomic E-state index is 0.467. The van der Waals surface area contributed by atoms with Crippen LogP contribution in [0.2, 0.25) is 0 Å². The Balaban J connectivity index is 1.86. The SMILES string of the molecule is CCCNC(c1ccn(CCN2CCOCC2)c1)C(C)C. The molecule has 120 valence electrons. The molecule has 0 bridgehead atoms. The highest BCUT2D eigenvalue weighted by atomic mass is 16.5. The molecule has 4 nitrogen and oxygen atoms in total. The Morgan fingerprint density at radius 1 is 1.24 bits per heavy atom. The zero-order valence-electron chi connectivity index (χ0n) is 13.8. The second-order valence-electron chi connectivity index (χ2n) is 6.31. The Bertz CT molecular complexity index is 396. The Labute approximate surface area is 129 Å². The largest absolute Gasteiger partial charge is 0.379 e. The van der Waals surface area contributed by atoms with Crippen LogP contribution in [0.4, 0.5) is 0 Å². The summed E-state index contributed by atoms with van der Waals surface area (Å²) >= 11 is 0. The van der Waals surface area contributed by atoms with Crippen LogP contribution in [-0.4, -0.2) is 48.9 Å². The van der Waals surface area contributed by atoms with Gasteiger partial charge in [-0.25, -0.2) is 0 Å². The molecule has 1 aliphatic heterocycles. The van der Waals surface area contributed by atoms with Crippen LogP contribution in [0.25, 0.3) is 0 Å². The highest BCUT2D eigenvalue weighted by molar-refractivity contribution is 5.16. The zero-order valence-corrected chi connectivity index (χ0v) is 13.8. The third kappa shape index (κ3) is 5.13. The van der Waals surface area contributed by atoms with Gasteiger partial charge < -0.3 is 14.6 Å². The summed E-state index contributed by atoms with van der Waals surface area (Å²) in [4.78, 5) is 2.48. The molecule has 1 fully saturated rings. The Kier molecular flexibility index (Phi) is 6.74. The van der Waals surface area contributed by atoms with Gasteiger partial charge in [-0.1, -0.05) is 20.8 Å². The van der Waals surface area contributed by atoms with Crippen molar-refractivity contribution in [1.29, 1.82) is 0 Å². The van der Waals surface area contributed by atoms with Crippen molar-refractivity contribution >= 4 is 0 Å². The van der Waals surface area contributed by atoms with E-state index >= 15 is 0 Å². The minimum Gasteiger partial charge on any atom is -0.379 e. The van der Waals surface area contributed by atoms with E-state index in [0.717, 1.165) is 45.9 Å². The van der Waals surface area contributed by atoms with E-state index in [1.165, 1.54) is 12.0 Å². The van der Waals surface area contributed by atoms with Crippen molar-refractivity contribution in [2.75, 3.05) is 39.4 Å². The molecule has 21 heavy (non-hydrogen) atoms. The standard InChI is InChI=1S/C17H31N3O/c1-4-6-18-17(15(2)3)16-5-7-20(14-16)9-8-19-10-12-21-13-11-19/h5,7,14-15,17-18H,4,6,8-13H2,1-3H3. The van der Waals surface area contributed by atoms with Crippen LogP contribution in [-0.2, 0) is 11.3 Å². The van der Waals surface area contributed by atoms with E-state index in [9.17, 15) is 0 Å². The van der Waals surface area contributed by atoms with Gasteiger partial charge in [-0.05, 0) is 30.5 Å². The second kappa shape index (κ2) is 8.57. The Morgan fingerprint density at radius 2 is 2.00 bits per heavy atom. The quantitative estimate of drug-likeness (QED) is 0.798. The first-order valence-corrected chi connectivity index (χ1v) is 8.40. The molecule has 1 unspecified atom stereocenters. The van der Waals surface area contributed by atoms with Crippen molar-refractivity contribution in [2.45, 2.75) is 39.8 Å². The summed E-state index contributed by atoms with van der Waals surface area (Å²) in [6.45, 7) is 14.0. The van der Waals surface area contributed by atoms with Crippen molar-refractivity contribution in [3.63, 3.8) is 0 Å². The van der Waals surface area contributed by atoms with Gasteiger partial charge in [-0.2, -0.15) is 0 Å². The maximum atomic E-state index is 5.39. The molecule has 0 radical (unpaired) electrons. The number of morpholine rings is 1. The number of hydrogen-bond acceptors (Lipinski definition) is 3. The van der Waals surface area contributed by atoms with Gasteiger partial charge in [-0.15, -0.1) is 0 Å². The highest BCUT2D eigenvalue weighted by Gasteiger charge is 2.16. The minimum atomic E-state index is 0.467. The number of nitrogens with zero attached hydrogens (tertiary/aromatic N) is 2. The van der Waals surface area contributed by atoms with Gasteiger partial charge in [0.25, 0.3) is 0 Å². The third-order valence-corrected chi connectivity index (χ3v) is 4.19. The lowest BCUT2D eigenvalue weighted by atomic mass is 9.98. The molecule has 1 aliphatic rings.